The number of anilines is 1. The van der Waals surface area contributed by atoms with Crippen LogP contribution in [0.1, 0.15) is 5.69 Å². The van der Waals surface area contributed by atoms with E-state index in [0.29, 0.717) is 6.54 Å². The van der Waals surface area contributed by atoms with Crippen LogP contribution in [0.15, 0.2) is 55.0 Å². The number of aromatic nitrogens is 4. The fourth-order valence-electron chi connectivity index (χ4n) is 1.98. The second kappa shape index (κ2) is 4.97. The predicted octanol–water partition coefficient (Wildman–Crippen LogP) is 2.22. The number of aryl methyl sites for hydroxylation is 1. The first-order valence-electron chi connectivity index (χ1n) is 6.14. The summed E-state index contributed by atoms with van der Waals surface area (Å²) in [5.74, 6) is 0.826. The van der Waals surface area contributed by atoms with E-state index in [2.05, 4.69) is 27.5 Å². The van der Waals surface area contributed by atoms with Gasteiger partial charge in [-0.05, 0) is 18.2 Å². The summed E-state index contributed by atoms with van der Waals surface area (Å²) in [4.78, 5) is 4.34. The number of para-hydroxylation sites is 1. The summed E-state index contributed by atoms with van der Waals surface area (Å²) in [6, 6.07) is 12.1. The molecule has 1 aromatic carbocycles. The van der Waals surface area contributed by atoms with E-state index in [-0.39, 0.29) is 0 Å². The smallest absolute Gasteiger partial charge is 0.207 e. The van der Waals surface area contributed by atoms with Crippen molar-refractivity contribution >= 4 is 5.95 Å². The number of hydrogen-bond acceptors (Lipinski definition) is 3. The van der Waals surface area contributed by atoms with Crippen molar-refractivity contribution in [1.82, 2.24) is 19.3 Å². The third-order valence-corrected chi connectivity index (χ3v) is 3.03. The lowest BCUT2D eigenvalue weighted by molar-refractivity contribution is 0.718. The maximum atomic E-state index is 4.34. The first-order valence-corrected chi connectivity index (χ1v) is 6.14. The summed E-state index contributed by atoms with van der Waals surface area (Å²) in [6.45, 7) is 0.695. The molecule has 3 rings (SSSR count). The number of nitrogens with one attached hydrogen (secondary N) is 1. The first-order chi connectivity index (χ1) is 9.34. The topological polar surface area (TPSA) is 47.7 Å². The highest BCUT2D eigenvalue weighted by Crippen LogP contribution is 2.14. The molecule has 0 spiro atoms. The van der Waals surface area contributed by atoms with Crippen LogP contribution in [0.25, 0.3) is 5.69 Å². The number of rotatable bonds is 4. The molecule has 0 atom stereocenters. The van der Waals surface area contributed by atoms with E-state index in [9.17, 15) is 0 Å². The van der Waals surface area contributed by atoms with Crippen LogP contribution in [0.3, 0.4) is 0 Å². The summed E-state index contributed by atoms with van der Waals surface area (Å²) in [6.07, 6.45) is 5.53. The summed E-state index contributed by atoms with van der Waals surface area (Å²) >= 11 is 0. The van der Waals surface area contributed by atoms with Gasteiger partial charge in [0.05, 0.1) is 12.2 Å². The summed E-state index contributed by atoms with van der Waals surface area (Å²) in [7, 11) is 1.93. The minimum Gasteiger partial charge on any atom is -0.350 e. The Kier molecular flexibility index (Phi) is 3.02. The SMILES string of the molecule is Cn1nccc1CNc1nccn1-c1ccccc1. The van der Waals surface area contributed by atoms with Gasteiger partial charge in [-0.1, -0.05) is 18.2 Å². The van der Waals surface area contributed by atoms with Gasteiger partial charge in [0.15, 0.2) is 0 Å². The molecule has 5 nitrogen and oxygen atoms in total. The van der Waals surface area contributed by atoms with E-state index in [4.69, 9.17) is 0 Å². The van der Waals surface area contributed by atoms with Crippen LogP contribution in [0.5, 0.6) is 0 Å². The zero-order valence-corrected chi connectivity index (χ0v) is 10.7. The molecule has 96 valence electrons. The van der Waals surface area contributed by atoms with E-state index in [1.54, 1.807) is 12.4 Å². The highest BCUT2D eigenvalue weighted by molar-refractivity contribution is 5.41. The number of benzene rings is 1. The third-order valence-electron chi connectivity index (χ3n) is 3.03. The van der Waals surface area contributed by atoms with Crippen LogP contribution >= 0.6 is 0 Å². The Labute approximate surface area is 111 Å². The molecule has 0 saturated heterocycles. The van der Waals surface area contributed by atoms with E-state index < -0.39 is 0 Å². The molecule has 2 aromatic heterocycles. The van der Waals surface area contributed by atoms with Gasteiger partial charge in [-0.3, -0.25) is 9.25 Å². The highest BCUT2D eigenvalue weighted by atomic mass is 15.3. The Morgan fingerprint density at radius 1 is 1.11 bits per heavy atom. The number of imidazole rings is 1. The van der Waals surface area contributed by atoms with Gasteiger partial charge in [-0.25, -0.2) is 4.98 Å². The van der Waals surface area contributed by atoms with Gasteiger partial charge in [0, 0.05) is 31.3 Å². The quantitative estimate of drug-likeness (QED) is 0.775. The molecule has 5 heteroatoms. The molecule has 0 aliphatic carbocycles. The molecular formula is C14H15N5. The zero-order chi connectivity index (χ0) is 13.1. The highest BCUT2D eigenvalue weighted by Gasteiger charge is 2.05. The Bertz CT molecular complexity index is 653. The Balaban J connectivity index is 1.80. The average molecular weight is 253 g/mol. The van der Waals surface area contributed by atoms with Gasteiger partial charge in [-0.15, -0.1) is 0 Å². The minimum absolute atomic E-state index is 0.695. The molecule has 3 aromatic rings. The lowest BCUT2D eigenvalue weighted by Gasteiger charge is -2.09. The van der Waals surface area contributed by atoms with Crippen LogP contribution in [0.2, 0.25) is 0 Å². The predicted molar refractivity (Wildman–Crippen MR) is 74.1 cm³/mol. The summed E-state index contributed by atoms with van der Waals surface area (Å²) in [5, 5.41) is 7.47. The Morgan fingerprint density at radius 2 is 1.95 bits per heavy atom. The van der Waals surface area contributed by atoms with E-state index in [1.165, 1.54) is 0 Å². The van der Waals surface area contributed by atoms with E-state index in [0.717, 1.165) is 17.3 Å². The second-order valence-corrected chi connectivity index (χ2v) is 4.26. The van der Waals surface area contributed by atoms with Crippen molar-refractivity contribution in [3.8, 4) is 5.69 Å². The van der Waals surface area contributed by atoms with Crippen molar-refractivity contribution in [3.05, 3.63) is 60.7 Å². The van der Waals surface area contributed by atoms with Crippen LogP contribution in [0, 0.1) is 0 Å². The second-order valence-electron chi connectivity index (χ2n) is 4.26. The molecule has 1 N–H and O–H groups in total. The molecule has 0 fully saturated rings. The Morgan fingerprint density at radius 3 is 2.68 bits per heavy atom. The van der Waals surface area contributed by atoms with Gasteiger partial charge in [-0.2, -0.15) is 5.10 Å². The van der Waals surface area contributed by atoms with Crippen LogP contribution in [-0.4, -0.2) is 19.3 Å². The molecule has 0 radical (unpaired) electrons. The average Bonchev–Trinajstić information content (AvgIpc) is 3.06. The van der Waals surface area contributed by atoms with Gasteiger partial charge >= 0.3 is 0 Å². The normalized spacial score (nSPS) is 10.6. The molecule has 0 amide bonds. The minimum atomic E-state index is 0.695. The van der Waals surface area contributed by atoms with Gasteiger partial charge in [0.1, 0.15) is 0 Å². The maximum absolute atomic E-state index is 4.34. The van der Waals surface area contributed by atoms with Crippen molar-refractivity contribution in [3.63, 3.8) is 0 Å². The molecule has 0 unspecified atom stereocenters. The van der Waals surface area contributed by atoms with Crippen molar-refractivity contribution in [2.45, 2.75) is 6.54 Å². The zero-order valence-electron chi connectivity index (χ0n) is 10.7. The lowest BCUT2D eigenvalue weighted by Crippen LogP contribution is -2.09. The fraction of sp³-hybridized carbons (Fsp3) is 0.143. The summed E-state index contributed by atoms with van der Waals surface area (Å²) < 4.78 is 3.87. The molecule has 0 bridgehead atoms. The van der Waals surface area contributed by atoms with Crippen molar-refractivity contribution in [2.24, 2.45) is 7.05 Å². The first kappa shape index (κ1) is 11.5. The molecule has 0 aliphatic heterocycles. The number of nitrogens with zero attached hydrogens (tertiary/aromatic N) is 4. The van der Waals surface area contributed by atoms with Crippen LogP contribution < -0.4 is 5.32 Å². The van der Waals surface area contributed by atoms with Gasteiger partial charge in [0.2, 0.25) is 5.95 Å². The van der Waals surface area contributed by atoms with Crippen molar-refractivity contribution in [2.75, 3.05) is 5.32 Å². The summed E-state index contributed by atoms with van der Waals surface area (Å²) in [5.41, 5.74) is 2.20. The lowest BCUT2D eigenvalue weighted by atomic mass is 10.3. The van der Waals surface area contributed by atoms with Crippen LogP contribution in [0.4, 0.5) is 5.95 Å². The largest absolute Gasteiger partial charge is 0.350 e. The standard InChI is InChI=1S/C14H15N5/c1-18-13(7-8-17-18)11-16-14-15-9-10-19(14)12-5-3-2-4-6-12/h2-10H,11H2,1H3,(H,15,16). The maximum Gasteiger partial charge on any atom is 0.207 e. The van der Waals surface area contributed by atoms with Crippen LogP contribution in [-0.2, 0) is 13.6 Å². The monoisotopic (exact) mass is 253 g/mol. The number of hydrogen-bond donors (Lipinski definition) is 1. The van der Waals surface area contributed by atoms with Gasteiger partial charge < -0.3 is 5.32 Å². The molecule has 2 heterocycles. The van der Waals surface area contributed by atoms with E-state index in [1.807, 2.05) is 46.8 Å². The molecule has 0 aliphatic rings. The van der Waals surface area contributed by atoms with Crippen molar-refractivity contribution in [1.29, 1.82) is 0 Å². The van der Waals surface area contributed by atoms with Gasteiger partial charge in [0.25, 0.3) is 0 Å². The van der Waals surface area contributed by atoms with Crippen molar-refractivity contribution < 1.29 is 0 Å². The Hall–Kier alpha value is -2.56. The fourth-order valence-corrected chi connectivity index (χ4v) is 1.98. The molecule has 19 heavy (non-hydrogen) atoms. The molecular weight excluding hydrogens is 238 g/mol. The molecule has 0 saturated carbocycles. The third kappa shape index (κ3) is 2.35. The van der Waals surface area contributed by atoms with E-state index >= 15 is 0 Å².